The Morgan fingerprint density at radius 1 is 1.27 bits per heavy atom. The van der Waals surface area contributed by atoms with Crippen LogP contribution in [0.3, 0.4) is 0 Å². The number of aromatic amines is 1. The van der Waals surface area contributed by atoms with Crippen LogP contribution in [0.25, 0.3) is 11.4 Å². The number of anilines is 1. The minimum Gasteiger partial charge on any atom is -0.360 e. The van der Waals surface area contributed by atoms with Crippen molar-refractivity contribution in [2.45, 2.75) is 17.1 Å². The number of carbonyl (C=O) groups is 1. The minimum absolute atomic E-state index is 0.0405. The smallest absolute Gasteiger partial charge is 0.239 e. The molecule has 0 unspecified atom stereocenters. The maximum Gasteiger partial charge on any atom is 0.239 e. The van der Waals surface area contributed by atoms with Crippen LogP contribution in [-0.2, 0) is 4.79 Å². The van der Waals surface area contributed by atoms with Crippen LogP contribution in [0, 0.1) is 0 Å². The van der Waals surface area contributed by atoms with E-state index in [1.54, 1.807) is 0 Å². The molecule has 0 bridgehead atoms. The third kappa shape index (κ3) is 3.58. The molecule has 1 atom stereocenters. The minimum atomic E-state index is -0.180. The number of rotatable bonds is 5. The molecule has 0 radical (unpaired) electrons. The van der Waals surface area contributed by atoms with E-state index >= 15 is 0 Å². The SMILES string of the molecule is C[C@H](Sc1ccccc1)C(=O)Nc1nc(-c2ccc[nH]2)cs1. The van der Waals surface area contributed by atoms with Gasteiger partial charge in [-0.2, -0.15) is 0 Å². The zero-order valence-corrected chi connectivity index (χ0v) is 13.6. The highest BCUT2D eigenvalue weighted by molar-refractivity contribution is 8.00. The third-order valence-corrected chi connectivity index (χ3v) is 4.90. The van der Waals surface area contributed by atoms with E-state index in [4.69, 9.17) is 0 Å². The number of thioether (sulfide) groups is 1. The molecule has 1 amide bonds. The lowest BCUT2D eigenvalue weighted by molar-refractivity contribution is -0.115. The van der Waals surface area contributed by atoms with Crippen molar-refractivity contribution in [2.75, 3.05) is 5.32 Å². The van der Waals surface area contributed by atoms with Gasteiger partial charge in [-0.3, -0.25) is 4.79 Å². The van der Waals surface area contributed by atoms with Crippen LogP contribution < -0.4 is 5.32 Å². The van der Waals surface area contributed by atoms with Gasteiger partial charge >= 0.3 is 0 Å². The summed E-state index contributed by atoms with van der Waals surface area (Å²) in [6.45, 7) is 1.90. The van der Waals surface area contributed by atoms with Crippen molar-refractivity contribution in [3.8, 4) is 11.4 Å². The Bertz CT molecular complexity index is 738. The van der Waals surface area contributed by atoms with Crippen molar-refractivity contribution in [1.29, 1.82) is 0 Å². The molecule has 0 saturated heterocycles. The first-order valence-electron chi connectivity index (χ1n) is 6.84. The fourth-order valence-corrected chi connectivity index (χ4v) is 3.51. The van der Waals surface area contributed by atoms with Crippen LogP contribution in [0.1, 0.15) is 6.92 Å². The first-order chi connectivity index (χ1) is 10.7. The van der Waals surface area contributed by atoms with Gasteiger partial charge in [-0.15, -0.1) is 23.1 Å². The molecule has 0 aliphatic rings. The van der Waals surface area contributed by atoms with Gasteiger partial charge in [0.05, 0.1) is 16.6 Å². The summed E-state index contributed by atoms with van der Waals surface area (Å²) in [5.74, 6) is -0.0405. The summed E-state index contributed by atoms with van der Waals surface area (Å²) in [6, 6.07) is 13.8. The van der Waals surface area contributed by atoms with E-state index in [0.29, 0.717) is 5.13 Å². The third-order valence-electron chi connectivity index (χ3n) is 3.03. The van der Waals surface area contributed by atoms with Gasteiger partial charge < -0.3 is 10.3 Å². The fourth-order valence-electron chi connectivity index (χ4n) is 1.91. The number of thiazole rings is 1. The van der Waals surface area contributed by atoms with E-state index < -0.39 is 0 Å². The highest BCUT2D eigenvalue weighted by atomic mass is 32.2. The summed E-state index contributed by atoms with van der Waals surface area (Å²) >= 11 is 2.96. The number of benzene rings is 1. The quantitative estimate of drug-likeness (QED) is 0.688. The summed E-state index contributed by atoms with van der Waals surface area (Å²) in [4.78, 5) is 20.9. The first-order valence-corrected chi connectivity index (χ1v) is 8.60. The number of amides is 1. The monoisotopic (exact) mass is 329 g/mol. The average molecular weight is 329 g/mol. The standard InChI is InChI=1S/C16H15N3OS2/c1-11(22-12-6-3-2-4-7-12)15(20)19-16-18-14(10-21-16)13-8-5-9-17-13/h2-11,17H,1H3,(H,18,19,20)/t11-/m0/s1. The van der Waals surface area contributed by atoms with Gasteiger partial charge in [0, 0.05) is 16.5 Å². The number of nitrogens with one attached hydrogen (secondary N) is 2. The van der Waals surface area contributed by atoms with Crippen molar-refractivity contribution < 1.29 is 4.79 Å². The topological polar surface area (TPSA) is 57.8 Å². The molecular formula is C16H15N3OS2. The summed E-state index contributed by atoms with van der Waals surface area (Å²) < 4.78 is 0. The van der Waals surface area contributed by atoms with Crippen LogP contribution in [0.5, 0.6) is 0 Å². The van der Waals surface area contributed by atoms with Gasteiger partial charge in [0.25, 0.3) is 0 Å². The molecular weight excluding hydrogens is 314 g/mol. The second-order valence-electron chi connectivity index (χ2n) is 4.68. The number of aromatic nitrogens is 2. The van der Waals surface area contributed by atoms with Crippen molar-refractivity contribution in [1.82, 2.24) is 9.97 Å². The van der Waals surface area contributed by atoms with Gasteiger partial charge in [0.2, 0.25) is 5.91 Å². The van der Waals surface area contributed by atoms with Crippen LogP contribution in [0.15, 0.2) is 58.9 Å². The number of hydrogen-bond acceptors (Lipinski definition) is 4. The Kier molecular flexibility index (Phi) is 4.60. The molecule has 0 aliphatic carbocycles. The van der Waals surface area contributed by atoms with E-state index in [1.165, 1.54) is 23.1 Å². The van der Waals surface area contributed by atoms with Crippen LogP contribution in [0.4, 0.5) is 5.13 Å². The van der Waals surface area contributed by atoms with E-state index in [9.17, 15) is 4.79 Å². The molecule has 0 aliphatic heterocycles. The van der Waals surface area contributed by atoms with Crippen molar-refractivity contribution >= 4 is 34.1 Å². The highest BCUT2D eigenvalue weighted by Crippen LogP contribution is 2.26. The summed E-state index contributed by atoms with van der Waals surface area (Å²) in [7, 11) is 0. The highest BCUT2D eigenvalue weighted by Gasteiger charge is 2.16. The van der Waals surface area contributed by atoms with E-state index in [1.807, 2.05) is 61.0 Å². The van der Waals surface area contributed by atoms with Gasteiger partial charge in [-0.25, -0.2) is 4.98 Å². The second kappa shape index (κ2) is 6.81. The Labute approximate surface area is 137 Å². The molecule has 4 nitrogen and oxygen atoms in total. The molecule has 2 aromatic heterocycles. The number of carbonyl (C=O) groups excluding carboxylic acids is 1. The Hall–Kier alpha value is -2.05. The zero-order chi connectivity index (χ0) is 15.4. The van der Waals surface area contributed by atoms with Crippen LogP contribution >= 0.6 is 23.1 Å². The normalized spacial score (nSPS) is 12.0. The van der Waals surface area contributed by atoms with Crippen molar-refractivity contribution in [3.05, 3.63) is 54.0 Å². The Morgan fingerprint density at radius 2 is 2.09 bits per heavy atom. The summed E-state index contributed by atoms with van der Waals surface area (Å²) in [5.41, 5.74) is 1.79. The average Bonchev–Trinajstić information content (AvgIpc) is 3.19. The van der Waals surface area contributed by atoms with Gasteiger partial charge in [-0.05, 0) is 31.2 Å². The molecule has 22 heavy (non-hydrogen) atoms. The van der Waals surface area contributed by atoms with Crippen molar-refractivity contribution in [2.24, 2.45) is 0 Å². The maximum absolute atomic E-state index is 12.2. The Morgan fingerprint density at radius 3 is 2.82 bits per heavy atom. The molecule has 3 aromatic rings. The molecule has 1 aromatic carbocycles. The van der Waals surface area contributed by atoms with Crippen LogP contribution in [0.2, 0.25) is 0 Å². The summed E-state index contributed by atoms with van der Waals surface area (Å²) in [6.07, 6.45) is 1.85. The number of H-pyrrole nitrogens is 1. The fraction of sp³-hybridized carbons (Fsp3) is 0.125. The number of nitrogens with zero attached hydrogens (tertiary/aromatic N) is 1. The second-order valence-corrected chi connectivity index (χ2v) is 6.96. The molecule has 3 rings (SSSR count). The Balaban J connectivity index is 1.62. The van der Waals surface area contributed by atoms with Gasteiger partial charge in [0.15, 0.2) is 5.13 Å². The lowest BCUT2D eigenvalue weighted by Crippen LogP contribution is -2.22. The molecule has 2 N–H and O–H groups in total. The van der Waals surface area contributed by atoms with E-state index in [2.05, 4.69) is 15.3 Å². The molecule has 0 spiro atoms. The largest absolute Gasteiger partial charge is 0.360 e. The molecule has 6 heteroatoms. The molecule has 2 heterocycles. The van der Waals surface area contributed by atoms with Gasteiger partial charge in [-0.1, -0.05) is 18.2 Å². The maximum atomic E-state index is 12.2. The van der Waals surface area contributed by atoms with Crippen LogP contribution in [-0.4, -0.2) is 21.1 Å². The van der Waals surface area contributed by atoms with Crippen molar-refractivity contribution in [3.63, 3.8) is 0 Å². The number of hydrogen-bond donors (Lipinski definition) is 2. The molecule has 112 valence electrons. The lowest BCUT2D eigenvalue weighted by Gasteiger charge is -2.10. The zero-order valence-electron chi connectivity index (χ0n) is 11.9. The summed E-state index contributed by atoms with van der Waals surface area (Å²) in [5, 5.41) is 5.25. The lowest BCUT2D eigenvalue weighted by atomic mass is 10.3. The van der Waals surface area contributed by atoms with Gasteiger partial charge in [0.1, 0.15) is 0 Å². The molecule has 0 saturated carbocycles. The first kappa shape index (κ1) is 14.9. The predicted molar refractivity (Wildman–Crippen MR) is 92.3 cm³/mol. The molecule has 0 fully saturated rings. The predicted octanol–water partition coefficient (Wildman–Crippen LogP) is 4.26. The van der Waals surface area contributed by atoms with E-state index in [0.717, 1.165) is 16.3 Å². The van der Waals surface area contributed by atoms with E-state index in [-0.39, 0.29) is 11.2 Å².